The molecule has 1 saturated heterocycles. The second kappa shape index (κ2) is 9.00. The number of likely N-dealkylation sites (tertiary alicyclic amines) is 1. The van der Waals surface area contributed by atoms with Gasteiger partial charge in [0.25, 0.3) is 5.91 Å². The van der Waals surface area contributed by atoms with Crippen LogP contribution in [0.1, 0.15) is 33.6 Å². The van der Waals surface area contributed by atoms with Gasteiger partial charge < -0.3 is 15.5 Å². The molecule has 2 aromatic carbocycles. The second-order valence-corrected chi connectivity index (χ2v) is 8.00. The number of halogens is 1. The molecule has 30 heavy (non-hydrogen) atoms. The van der Waals surface area contributed by atoms with Gasteiger partial charge in [-0.3, -0.25) is 4.79 Å². The summed E-state index contributed by atoms with van der Waals surface area (Å²) in [5.74, 6) is -0.839. The highest BCUT2D eigenvalue weighted by molar-refractivity contribution is 7.13. The first-order chi connectivity index (χ1) is 14.6. The number of anilines is 2. The molecule has 4 rings (SSSR count). The number of carbonyl (C=O) groups is 2. The zero-order chi connectivity index (χ0) is 20.9. The van der Waals surface area contributed by atoms with E-state index in [9.17, 15) is 14.0 Å². The number of piperidine rings is 1. The molecule has 9 heteroatoms. The monoisotopic (exact) mass is 425 g/mol. The Morgan fingerprint density at radius 1 is 1.03 bits per heavy atom. The molecule has 1 aliphatic rings. The fraction of sp³-hybridized carbons (Fsp3) is 0.238. The molecule has 1 aromatic heterocycles. The first-order valence-electron chi connectivity index (χ1n) is 9.60. The van der Waals surface area contributed by atoms with Crippen LogP contribution in [0.3, 0.4) is 0 Å². The maximum atomic E-state index is 13.3. The summed E-state index contributed by atoms with van der Waals surface area (Å²) in [6.07, 6.45) is 1.71. The van der Waals surface area contributed by atoms with Crippen LogP contribution in [0.15, 0.2) is 54.6 Å². The van der Waals surface area contributed by atoms with Crippen molar-refractivity contribution in [3.8, 4) is 0 Å². The summed E-state index contributed by atoms with van der Waals surface area (Å²) in [5.41, 5.74) is 1.11. The summed E-state index contributed by atoms with van der Waals surface area (Å²) in [6, 6.07) is 14.8. The molecule has 3 amide bonds. The Kier molecular flexibility index (Phi) is 5.99. The van der Waals surface area contributed by atoms with Gasteiger partial charge in [-0.05, 0) is 43.2 Å². The SMILES string of the molecule is O=C(Nc1cccc(F)c1)c1nnc([C@@H]2CCCN(C(=O)Nc3ccccc3)C2)s1. The van der Waals surface area contributed by atoms with E-state index in [1.165, 1.54) is 29.5 Å². The Balaban J connectivity index is 1.39. The molecule has 7 nitrogen and oxygen atoms in total. The molecule has 154 valence electrons. The number of hydrogen-bond donors (Lipinski definition) is 2. The van der Waals surface area contributed by atoms with E-state index < -0.39 is 11.7 Å². The summed E-state index contributed by atoms with van der Waals surface area (Å²) in [6.45, 7) is 1.18. The lowest BCUT2D eigenvalue weighted by Crippen LogP contribution is -2.41. The number of nitrogens with zero attached hydrogens (tertiary/aromatic N) is 3. The van der Waals surface area contributed by atoms with Crippen LogP contribution in [0.2, 0.25) is 0 Å². The lowest BCUT2D eigenvalue weighted by Gasteiger charge is -2.31. The first kappa shape index (κ1) is 20.0. The number of para-hydroxylation sites is 1. The second-order valence-electron chi connectivity index (χ2n) is 6.99. The van der Waals surface area contributed by atoms with Gasteiger partial charge in [-0.15, -0.1) is 10.2 Å². The number of hydrogen-bond acceptors (Lipinski definition) is 5. The minimum atomic E-state index is -0.432. The summed E-state index contributed by atoms with van der Waals surface area (Å²) in [4.78, 5) is 26.7. The minimum absolute atomic E-state index is 0.0218. The largest absolute Gasteiger partial charge is 0.324 e. The highest BCUT2D eigenvalue weighted by atomic mass is 32.1. The number of rotatable bonds is 4. The van der Waals surface area contributed by atoms with Crippen molar-refractivity contribution < 1.29 is 14.0 Å². The molecule has 0 spiro atoms. The van der Waals surface area contributed by atoms with Gasteiger partial charge in [0.05, 0.1) is 0 Å². The average Bonchev–Trinajstić information content (AvgIpc) is 3.25. The van der Waals surface area contributed by atoms with Crippen LogP contribution in [0, 0.1) is 5.82 Å². The number of benzene rings is 2. The number of carbonyl (C=O) groups excluding carboxylic acids is 2. The van der Waals surface area contributed by atoms with E-state index >= 15 is 0 Å². The zero-order valence-corrected chi connectivity index (χ0v) is 16.9. The van der Waals surface area contributed by atoms with Crippen molar-refractivity contribution in [2.45, 2.75) is 18.8 Å². The van der Waals surface area contributed by atoms with E-state index in [1.54, 1.807) is 11.0 Å². The van der Waals surface area contributed by atoms with Crippen LogP contribution in [-0.2, 0) is 0 Å². The van der Waals surface area contributed by atoms with Gasteiger partial charge in [-0.1, -0.05) is 35.6 Å². The molecule has 1 atom stereocenters. The molecule has 0 saturated carbocycles. The highest BCUT2D eigenvalue weighted by Crippen LogP contribution is 2.29. The Bertz CT molecular complexity index is 1040. The number of aromatic nitrogens is 2. The molecule has 2 heterocycles. The Morgan fingerprint density at radius 3 is 2.63 bits per heavy atom. The van der Waals surface area contributed by atoms with Gasteiger partial charge >= 0.3 is 6.03 Å². The Morgan fingerprint density at radius 2 is 1.83 bits per heavy atom. The highest BCUT2D eigenvalue weighted by Gasteiger charge is 2.28. The molecule has 3 aromatic rings. The number of nitrogens with one attached hydrogen (secondary N) is 2. The van der Waals surface area contributed by atoms with E-state index in [0.29, 0.717) is 18.8 Å². The van der Waals surface area contributed by atoms with E-state index in [2.05, 4.69) is 20.8 Å². The van der Waals surface area contributed by atoms with Crippen LogP contribution in [0.25, 0.3) is 0 Å². The van der Waals surface area contributed by atoms with Crippen LogP contribution in [0.4, 0.5) is 20.6 Å². The first-order valence-corrected chi connectivity index (χ1v) is 10.4. The lowest BCUT2D eigenvalue weighted by atomic mass is 9.99. The molecule has 1 aliphatic heterocycles. The van der Waals surface area contributed by atoms with Crippen molar-refractivity contribution in [2.75, 3.05) is 23.7 Å². The van der Waals surface area contributed by atoms with Crippen LogP contribution in [0.5, 0.6) is 0 Å². The molecule has 0 bridgehead atoms. The van der Waals surface area contributed by atoms with Crippen molar-refractivity contribution in [3.63, 3.8) is 0 Å². The van der Waals surface area contributed by atoms with Crippen molar-refractivity contribution >= 4 is 34.6 Å². The molecule has 2 N–H and O–H groups in total. The Labute approximate surface area is 176 Å². The van der Waals surface area contributed by atoms with Crippen LogP contribution < -0.4 is 10.6 Å². The van der Waals surface area contributed by atoms with Crippen molar-refractivity contribution in [2.24, 2.45) is 0 Å². The third-order valence-corrected chi connectivity index (χ3v) is 5.88. The summed E-state index contributed by atoms with van der Waals surface area (Å²) < 4.78 is 13.3. The molecule has 1 fully saturated rings. The fourth-order valence-electron chi connectivity index (χ4n) is 3.33. The number of amides is 3. The van der Waals surface area contributed by atoms with E-state index in [0.717, 1.165) is 23.5 Å². The van der Waals surface area contributed by atoms with Crippen LogP contribution in [-0.4, -0.2) is 40.1 Å². The van der Waals surface area contributed by atoms with Gasteiger partial charge in [-0.25, -0.2) is 9.18 Å². The van der Waals surface area contributed by atoms with E-state index in [1.807, 2.05) is 30.3 Å². The van der Waals surface area contributed by atoms with Crippen molar-refractivity contribution in [1.29, 1.82) is 0 Å². The molecular formula is C21H20FN5O2S. The third kappa shape index (κ3) is 4.80. The molecule has 0 radical (unpaired) electrons. The standard InChI is InChI=1S/C21H20FN5O2S/c22-15-7-4-10-17(12-15)23-18(28)20-26-25-19(30-20)14-6-5-11-27(13-14)21(29)24-16-8-2-1-3-9-16/h1-4,7-10,12,14H,5-6,11,13H2,(H,23,28)(H,24,29)/t14-/m1/s1. The quantitative estimate of drug-likeness (QED) is 0.651. The topological polar surface area (TPSA) is 87.2 Å². The minimum Gasteiger partial charge on any atom is -0.324 e. The predicted molar refractivity (Wildman–Crippen MR) is 113 cm³/mol. The van der Waals surface area contributed by atoms with Gasteiger partial charge in [0.15, 0.2) is 0 Å². The Hall–Kier alpha value is -3.33. The van der Waals surface area contributed by atoms with Gasteiger partial charge in [0.1, 0.15) is 10.8 Å². The summed E-state index contributed by atoms with van der Waals surface area (Å²) >= 11 is 1.20. The molecular weight excluding hydrogens is 405 g/mol. The average molecular weight is 425 g/mol. The van der Waals surface area contributed by atoms with Gasteiger partial charge in [0.2, 0.25) is 5.01 Å². The zero-order valence-electron chi connectivity index (χ0n) is 16.0. The smallest absolute Gasteiger partial charge is 0.321 e. The summed E-state index contributed by atoms with van der Waals surface area (Å²) in [7, 11) is 0. The summed E-state index contributed by atoms with van der Waals surface area (Å²) in [5, 5.41) is 14.6. The van der Waals surface area contributed by atoms with Crippen LogP contribution >= 0.6 is 11.3 Å². The van der Waals surface area contributed by atoms with Crippen molar-refractivity contribution in [1.82, 2.24) is 15.1 Å². The van der Waals surface area contributed by atoms with Crippen molar-refractivity contribution in [3.05, 3.63) is 70.4 Å². The fourth-order valence-corrected chi connectivity index (χ4v) is 4.19. The molecule has 0 unspecified atom stereocenters. The van der Waals surface area contributed by atoms with E-state index in [-0.39, 0.29) is 17.0 Å². The number of urea groups is 1. The normalized spacial score (nSPS) is 16.2. The maximum absolute atomic E-state index is 13.3. The third-order valence-electron chi connectivity index (χ3n) is 4.80. The maximum Gasteiger partial charge on any atom is 0.321 e. The lowest BCUT2D eigenvalue weighted by molar-refractivity contribution is 0.102. The van der Waals surface area contributed by atoms with E-state index in [4.69, 9.17) is 0 Å². The van der Waals surface area contributed by atoms with Gasteiger partial charge in [0, 0.05) is 30.4 Å². The van der Waals surface area contributed by atoms with Gasteiger partial charge in [-0.2, -0.15) is 0 Å². The predicted octanol–water partition coefficient (Wildman–Crippen LogP) is 4.34. The molecule has 0 aliphatic carbocycles.